The zero-order valence-electron chi connectivity index (χ0n) is 16.2. The lowest BCUT2D eigenvalue weighted by molar-refractivity contribution is 0.0917. The van der Waals surface area contributed by atoms with Gasteiger partial charge in [0.1, 0.15) is 15.9 Å². The topological polar surface area (TPSA) is 80.9 Å². The number of nitrogens with zero attached hydrogens (tertiary/aromatic N) is 3. The molecule has 142 valence electrons. The second-order valence-corrected chi connectivity index (χ2v) is 7.86. The Morgan fingerprint density at radius 1 is 1.19 bits per heavy atom. The number of amides is 1. The maximum Gasteiger partial charge on any atom is 0.263 e. The van der Waals surface area contributed by atoms with Crippen LogP contribution in [0.15, 0.2) is 28.8 Å². The van der Waals surface area contributed by atoms with Crippen molar-refractivity contribution >= 4 is 17.2 Å². The Labute approximate surface area is 163 Å². The van der Waals surface area contributed by atoms with E-state index in [4.69, 9.17) is 4.52 Å². The van der Waals surface area contributed by atoms with Gasteiger partial charge in [-0.2, -0.15) is 4.98 Å². The molecule has 2 heterocycles. The summed E-state index contributed by atoms with van der Waals surface area (Å²) < 4.78 is 5.26. The Kier molecular flexibility index (Phi) is 5.70. The second-order valence-electron chi connectivity index (χ2n) is 6.86. The van der Waals surface area contributed by atoms with Gasteiger partial charge in [-0.3, -0.25) is 4.79 Å². The van der Waals surface area contributed by atoms with Gasteiger partial charge in [0.05, 0.1) is 5.69 Å². The number of aromatic nitrogens is 3. The average molecular weight is 385 g/mol. The molecule has 6 nitrogen and oxygen atoms in total. The first kappa shape index (κ1) is 19.2. The molecule has 0 saturated heterocycles. The largest absolute Gasteiger partial charge is 0.339 e. The molecule has 0 saturated carbocycles. The molecule has 3 aromatic rings. The van der Waals surface area contributed by atoms with E-state index in [-0.39, 0.29) is 17.9 Å². The fraction of sp³-hybridized carbons (Fsp3) is 0.400. The molecule has 1 amide bonds. The van der Waals surface area contributed by atoms with Crippen LogP contribution < -0.4 is 5.32 Å². The number of hydrogen-bond donors (Lipinski definition) is 1. The molecular weight excluding hydrogens is 360 g/mol. The summed E-state index contributed by atoms with van der Waals surface area (Å²) in [4.78, 5) is 22.3. The molecule has 1 unspecified atom stereocenters. The van der Waals surface area contributed by atoms with Crippen LogP contribution in [-0.2, 0) is 6.42 Å². The molecule has 2 aromatic heterocycles. The van der Waals surface area contributed by atoms with Crippen LogP contribution >= 0.6 is 11.3 Å². The third-order valence-electron chi connectivity index (χ3n) is 4.37. The first-order valence-corrected chi connectivity index (χ1v) is 9.88. The lowest BCUT2D eigenvalue weighted by atomic mass is 10.0. The normalized spacial score (nSPS) is 12.4. The monoisotopic (exact) mass is 384 g/mol. The molecule has 1 atom stereocenters. The van der Waals surface area contributed by atoms with E-state index >= 15 is 0 Å². The summed E-state index contributed by atoms with van der Waals surface area (Å²) >= 11 is 1.40. The van der Waals surface area contributed by atoms with Gasteiger partial charge >= 0.3 is 0 Å². The molecule has 0 spiro atoms. The van der Waals surface area contributed by atoms with Crippen molar-refractivity contribution in [1.29, 1.82) is 0 Å². The molecule has 0 aliphatic heterocycles. The molecule has 0 bridgehead atoms. The fourth-order valence-corrected chi connectivity index (χ4v) is 3.75. The Morgan fingerprint density at radius 2 is 1.89 bits per heavy atom. The quantitative estimate of drug-likeness (QED) is 0.677. The molecule has 1 aromatic carbocycles. The van der Waals surface area contributed by atoms with E-state index in [0.717, 1.165) is 22.7 Å². The summed E-state index contributed by atoms with van der Waals surface area (Å²) in [5, 5.41) is 7.69. The van der Waals surface area contributed by atoms with Gasteiger partial charge in [0.15, 0.2) is 5.82 Å². The number of hydrogen-bond acceptors (Lipinski definition) is 6. The molecule has 1 N–H and O–H groups in total. The van der Waals surface area contributed by atoms with Crippen LogP contribution in [-0.4, -0.2) is 21.0 Å². The summed E-state index contributed by atoms with van der Waals surface area (Å²) in [6.45, 7) is 9.75. The van der Waals surface area contributed by atoms with Crippen LogP contribution in [0.3, 0.4) is 0 Å². The van der Waals surface area contributed by atoms with Crippen LogP contribution in [0.25, 0.3) is 10.6 Å². The van der Waals surface area contributed by atoms with Gasteiger partial charge in [-0.25, -0.2) is 4.98 Å². The zero-order valence-corrected chi connectivity index (χ0v) is 17.1. The third kappa shape index (κ3) is 4.24. The molecule has 0 aliphatic rings. The van der Waals surface area contributed by atoms with Crippen LogP contribution in [0.5, 0.6) is 0 Å². The van der Waals surface area contributed by atoms with Crippen molar-refractivity contribution in [3.8, 4) is 10.6 Å². The summed E-state index contributed by atoms with van der Waals surface area (Å²) in [5.41, 5.74) is 3.02. The Hall–Kier alpha value is -2.54. The molecule has 0 radical (unpaired) electrons. The number of carbonyl (C=O) groups is 1. The highest BCUT2D eigenvalue weighted by atomic mass is 32.1. The van der Waals surface area contributed by atoms with Gasteiger partial charge < -0.3 is 9.84 Å². The van der Waals surface area contributed by atoms with E-state index in [1.165, 1.54) is 16.9 Å². The highest BCUT2D eigenvalue weighted by Gasteiger charge is 2.26. The van der Waals surface area contributed by atoms with Crippen LogP contribution in [0, 0.1) is 19.8 Å². The summed E-state index contributed by atoms with van der Waals surface area (Å²) in [6, 6.07) is 7.96. The number of thiazole rings is 1. The molecule has 27 heavy (non-hydrogen) atoms. The van der Waals surface area contributed by atoms with Gasteiger partial charge in [0, 0.05) is 5.56 Å². The van der Waals surface area contributed by atoms with Gasteiger partial charge in [-0.15, -0.1) is 11.3 Å². The maximum absolute atomic E-state index is 12.9. The van der Waals surface area contributed by atoms with Crippen molar-refractivity contribution in [2.45, 2.75) is 47.1 Å². The van der Waals surface area contributed by atoms with Crippen molar-refractivity contribution in [3.63, 3.8) is 0 Å². The Morgan fingerprint density at radius 3 is 2.44 bits per heavy atom. The number of aryl methyl sites for hydroxylation is 3. The summed E-state index contributed by atoms with van der Waals surface area (Å²) in [6.07, 6.45) is 0.997. The van der Waals surface area contributed by atoms with Gasteiger partial charge in [-0.1, -0.05) is 50.2 Å². The molecule has 3 rings (SSSR count). The Bertz CT molecular complexity index is 928. The lowest BCUT2D eigenvalue weighted by Crippen LogP contribution is -2.32. The van der Waals surface area contributed by atoms with Crippen LogP contribution in [0.4, 0.5) is 0 Å². The highest BCUT2D eigenvalue weighted by molar-refractivity contribution is 7.17. The first-order valence-electron chi connectivity index (χ1n) is 9.06. The maximum atomic E-state index is 12.9. The van der Waals surface area contributed by atoms with Crippen molar-refractivity contribution in [2.75, 3.05) is 0 Å². The Balaban J connectivity index is 1.82. The summed E-state index contributed by atoms with van der Waals surface area (Å²) in [5.74, 6) is 0.921. The molecular formula is C20H24N4O2S. The van der Waals surface area contributed by atoms with Crippen molar-refractivity contribution in [3.05, 3.63) is 52.1 Å². The first-order chi connectivity index (χ1) is 12.9. The molecule has 7 heteroatoms. The minimum Gasteiger partial charge on any atom is -0.339 e. The van der Waals surface area contributed by atoms with Gasteiger partial charge in [0.2, 0.25) is 5.89 Å². The minimum absolute atomic E-state index is 0.114. The van der Waals surface area contributed by atoms with Crippen molar-refractivity contribution in [1.82, 2.24) is 20.4 Å². The van der Waals surface area contributed by atoms with E-state index in [0.29, 0.717) is 16.6 Å². The zero-order chi connectivity index (χ0) is 19.6. The predicted octanol–water partition coefficient (Wildman–Crippen LogP) is 4.50. The van der Waals surface area contributed by atoms with E-state index in [1.807, 2.05) is 20.8 Å². The van der Waals surface area contributed by atoms with E-state index in [2.05, 4.69) is 51.6 Å². The van der Waals surface area contributed by atoms with Crippen LogP contribution in [0.2, 0.25) is 0 Å². The lowest BCUT2D eigenvalue weighted by Gasteiger charge is -2.18. The van der Waals surface area contributed by atoms with Crippen LogP contribution in [0.1, 0.15) is 59.5 Å². The van der Waals surface area contributed by atoms with Crippen molar-refractivity contribution < 1.29 is 9.32 Å². The third-order valence-corrected chi connectivity index (χ3v) is 5.58. The van der Waals surface area contributed by atoms with E-state index < -0.39 is 0 Å². The smallest absolute Gasteiger partial charge is 0.263 e. The SMILES string of the molecule is CCc1ccc(-c2nc(C)c(C(=O)NC(c3nc(C)no3)C(C)C)s2)cc1. The van der Waals surface area contributed by atoms with Gasteiger partial charge in [0.25, 0.3) is 5.91 Å². The predicted molar refractivity (Wildman–Crippen MR) is 106 cm³/mol. The fourth-order valence-electron chi connectivity index (χ4n) is 2.77. The summed E-state index contributed by atoms with van der Waals surface area (Å²) in [7, 11) is 0. The molecule has 0 fully saturated rings. The van der Waals surface area contributed by atoms with E-state index in [9.17, 15) is 4.79 Å². The average Bonchev–Trinajstić information content (AvgIpc) is 3.25. The standard InChI is InChI=1S/C20H24N4O2S/c1-6-14-7-9-15(10-8-14)20-21-12(4)17(27-20)18(25)23-16(11(2)3)19-22-13(5)24-26-19/h7-11,16H,6H2,1-5H3,(H,23,25). The second kappa shape index (κ2) is 8.00. The number of benzene rings is 1. The number of carbonyl (C=O) groups excluding carboxylic acids is 1. The number of rotatable bonds is 6. The van der Waals surface area contributed by atoms with E-state index in [1.54, 1.807) is 6.92 Å². The minimum atomic E-state index is -0.340. The van der Waals surface area contributed by atoms with Crippen molar-refractivity contribution in [2.24, 2.45) is 5.92 Å². The van der Waals surface area contributed by atoms with Gasteiger partial charge in [-0.05, 0) is 31.7 Å². The molecule has 0 aliphatic carbocycles. The number of nitrogens with one attached hydrogen (secondary N) is 1. The highest BCUT2D eigenvalue weighted by Crippen LogP contribution is 2.29.